The predicted molar refractivity (Wildman–Crippen MR) is 91.4 cm³/mol. The summed E-state index contributed by atoms with van der Waals surface area (Å²) in [7, 11) is -0.862. The van der Waals surface area contributed by atoms with Gasteiger partial charge in [0, 0.05) is 0 Å². The van der Waals surface area contributed by atoms with E-state index < -0.39 is 8.80 Å². The van der Waals surface area contributed by atoms with E-state index in [2.05, 4.69) is 72.4 Å². The van der Waals surface area contributed by atoms with E-state index in [1.807, 2.05) is 0 Å². The van der Waals surface area contributed by atoms with Gasteiger partial charge >= 0.3 is 0 Å². The van der Waals surface area contributed by atoms with Crippen LogP contribution in [0.3, 0.4) is 0 Å². The highest BCUT2D eigenvalue weighted by atomic mass is 28.3. The van der Waals surface area contributed by atoms with Crippen molar-refractivity contribution in [2.24, 2.45) is 0 Å². The fourth-order valence-corrected chi connectivity index (χ4v) is 4.87. The Hall–Kier alpha value is -0.563. The Morgan fingerprint density at radius 2 is 1.32 bits per heavy atom. The lowest BCUT2D eigenvalue weighted by atomic mass is 9.78. The molecule has 0 bridgehead atoms. The highest BCUT2D eigenvalue weighted by Gasteiger charge is 2.27. The fourth-order valence-electron chi connectivity index (χ4n) is 2.59. The van der Waals surface area contributed by atoms with Crippen molar-refractivity contribution in [1.82, 2.24) is 0 Å². The fraction of sp³-hybridized carbons (Fsp3) is 0.667. The van der Waals surface area contributed by atoms with Gasteiger partial charge in [0.2, 0.25) is 0 Å². The Morgan fingerprint density at radius 3 is 1.68 bits per heavy atom. The third kappa shape index (κ3) is 3.50. The van der Waals surface area contributed by atoms with Crippen molar-refractivity contribution < 1.29 is 0 Å². The first-order chi connectivity index (χ1) is 8.80. The number of hydrogen-bond acceptors (Lipinski definition) is 0. The molecule has 0 saturated carbocycles. The van der Waals surface area contributed by atoms with Crippen LogP contribution in [0.25, 0.3) is 0 Å². The van der Waals surface area contributed by atoms with Gasteiger partial charge in [-0.25, -0.2) is 0 Å². The highest BCUT2D eigenvalue weighted by molar-refractivity contribution is 6.74. The van der Waals surface area contributed by atoms with Gasteiger partial charge in [-0.15, -0.1) is 0 Å². The molecule has 0 fully saturated rings. The van der Waals surface area contributed by atoms with Crippen LogP contribution in [0.4, 0.5) is 0 Å². The predicted octanol–water partition coefficient (Wildman–Crippen LogP) is 5.02. The van der Waals surface area contributed by atoms with Crippen LogP contribution < -0.4 is 5.19 Å². The van der Waals surface area contributed by atoms with Crippen LogP contribution in [-0.4, -0.2) is 8.80 Å². The van der Waals surface area contributed by atoms with Crippen LogP contribution in [0.2, 0.25) is 11.6 Å². The maximum absolute atomic E-state index is 2.50. The van der Waals surface area contributed by atoms with E-state index in [-0.39, 0.29) is 0 Å². The van der Waals surface area contributed by atoms with Crippen LogP contribution >= 0.6 is 0 Å². The summed E-state index contributed by atoms with van der Waals surface area (Å²) in [5, 5.41) is 2.13. The molecule has 0 aliphatic rings. The van der Waals surface area contributed by atoms with Crippen LogP contribution in [0.1, 0.15) is 66.4 Å². The van der Waals surface area contributed by atoms with Crippen molar-refractivity contribution in [3.05, 3.63) is 29.8 Å². The monoisotopic (exact) mass is 276 g/mol. The molecule has 0 spiro atoms. The van der Waals surface area contributed by atoms with Gasteiger partial charge in [0.1, 0.15) is 0 Å². The average Bonchev–Trinajstić information content (AvgIpc) is 2.45. The zero-order chi connectivity index (χ0) is 14.7. The van der Waals surface area contributed by atoms with Crippen LogP contribution in [-0.2, 0) is 5.41 Å². The van der Waals surface area contributed by atoms with Crippen LogP contribution in [0.5, 0.6) is 0 Å². The molecule has 1 aromatic carbocycles. The second kappa shape index (κ2) is 6.26. The largest absolute Gasteiger partial charge is 0.0733 e. The first-order valence-corrected chi connectivity index (χ1v) is 10.2. The third-order valence-electron chi connectivity index (χ3n) is 5.75. The summed E-state index contributed by atoms with van der Waals surface area (Å²) >= 11 is 0. The topological polar surface area (TPSA) is 0 Å². The quantitative estimate of drug-likeness (QED) is 0.640. The van der Waals surface area contributed by atoms with Crippen molar-refractivity contribution in [3.8, 4) is 0 Å². The lowest BCUT2D eigenvalue weighted by molar-refractivity contribution is 0.439. The summed E-state index contributed by atoms with van der Waals surface area (Å²) in [4.78, 5) is 0. The first kappa shape index (κ1) is 16.5. The number of rotatable bonds is 6. The zero-order valence-corrected chi connectivity index (χ0v) is 15.2. The van der Waals surface area contributed by atoms with E-state index in [0.29, 0.717) is 10.5 Å². The molecule has 1 rings (SSSR count). The van der Waals surface area contributed by atoms with Gasteiger partial charge in [0.25, 0.3) is 0 Å². The molecule has 0 aromatic heterocycles. The van der Waals surface area contributed by atoms with Crippen LogP contribution in [0.15, 0.2) is 24.3 Å². The van der Waals surface area contributed by atoms with Gasteiger partial charge in [-0.05, 0) is 28.9 Å². The van der Waals surface area contributed by atoms with Gasteiger partial charge in [-0.1, -0.05) is 84.0 Å². The van der Waals surface area contributed by atoms with Gasteiger partial charge in [0.15, 0.2) is 0 Å². The number of benzene rings is 1. The van der Waals surface area contributed by atoms with E-state index in [1.54, 1.807) is 5.19 Å². The Kier molecular flexibility index (Phi) is 5.43. The van der Waals surface area contributed by atoms with Gasteiger partial charge in [-0.3, -0.25) is 0 Å². The molecule has 1 heteroatoms. The molecule has 0 N–H and O–H groups in total. The summed E-state index contributed by atoms with van der Waals surface area (Å²) in [6.07, 6.45) is 3.72. The maximum Gasteiger partial charge on any atom is 0.0733 e. The lowest BCUT2D eigenvalue weighted by Gasteiger charge is -2.31. The molecular weight excluding hydrogens is 244 g/mol. The van der Waals surface area contributed by atoms with Gasteiger partial charge in [0.05, 0.1) is 8.80 Å². The average molecular weight is 277 g/mol. The minimum atomic E-state index is -0.862. The Balaban J connectivity index is 3.00. The molecule has 19 heavy (non-hydrogen) atoms. The molecule has 1 unspecified atom stereocenters. The van der Waals surface area contributed by atoms with Gasteiger partial charge in [-0.2, -0.15) is 0 Å². The molecule has 0 aliphatic carbocycles. The van der Waals surface area contributed by atoms with E-state index in [1.165, 1.54) is 24.8 Å². The number of hydrogen-bond donors (Lipinski definition) is 0. The maximum atomic E-state index is 2.50. The second-order valence-corrected chi connectivity index (χ2v) is 10.6. The second-order valence-electron chi connectivity index (χ2n) is 6.95. The van der Waals surface area contributed by atoms with Gasteiger partial charge < -0.3 is 0 Å². The molecule has 1 atom stereocenters. The summed E-state index contributed by atoms with van der Waals surface area (Å²) in [6.45, 7) is 16.7. The molecule has 0 amide bonds. The minimum absolute atomic E-state index is 0.351. The molecule has 0 heterocycles. The smallest absolute Gasteiger partial charge is 0.0676 e. The van der Waals surface area contributed by atoms with Crippen LogP contribution in [0, 0.1) is 0 Å². The van der Waals surface area contributed by atoms with Crippen molar-refractivity contribution in [1.29, 1.82) is 0 Å². The lowest BCUT2D eigenvalue weighted by Crippen LogP contribution is -2.37. The van der Waals surface area contributed by atoms with Crippen molar-refractivity contribution in [3.63, 3.8) is 0 Å². The Morgan fingerprint density at radius 1 is 0.842 bits per heavy atom. The molecule has 108 valence electrons. The molecule has 0 aliphatic heterocycles. The normalized spacial score (nSPS) is 14.5. The Labute approximate surface area is 122 Å². The highest BCUT2D eigenvalue weighted by Crippen LogP contribution is 2.33. The Bertz CT molecular complexity index is 385. The summed E-state index contributed by atoms with van der Waals surface area (Å²) < 4.78 is 0. The first-order valence-electron chi connectivity index (χ1n) is 7.91. The van der Waals surface area contributed by atoms with E-state index in [0.717, 1.165) is 0 Å². The summed E-state index contributed by atoms with van der Waals surface area (Å²) in [6, 6.07) is 9.59. The third-order valence-corrected chi connectivity index (χ3v) is 9.89. The molecule has 1 aromatic rings. The van der Waals surface area contributed by atoms with E-state index in [9.17, 15) is 0 Å². The van der Waals surface area contributed by atoms with Crippen molar-refractivity contribution in [2.75, 3.05) is 0 Å². The molecule has 0 radical (unpaired) electrons. The molecular formula is C18H32Si. The van der Waals surface area contributed by atoms with E-state index >= 15 is 0 Å². The summed E-state index contributed by atoms with van der Waals surface area (Å²) in [5.41, 5.74) is 1.86. The van der Waals surface area contributed by atoms with Crippen molar-refractivity contribution in [2.45, 2.75) is 77.8 Å². The minimum Gasteiger partial charge on any atom is -0.0676 e. The van der Waals surface area contributed by atoms with E-state index in [4.69, 9.17) is 0 Å². The molecule has 0 nitrogen and oxygen atoms in total. The summed E-state index contributed by atoms with van der Waals surface area (Å²) in [5.74, 6) is 0. The standard InChI is InChI=1S/C18H32Si/c1-8-17(4,5)19(7)16-13-11-15(12-14-16)18(6,9-2)10-3/h11-14,19H,8-10H2,1-7H3. The SMILES string of the molecule is CCC(C)(CC)c1ccc([SiH](C)C(C)(C)CC)cc1. The zero-order valence-electron chi connectivity index (χ0n) is 14.0. The van der Waals surface area contributed by atoms with Crippen molar-refractivity contribution >= 4 is 14.0 Å². The molecule has 0 saturated heterocycles.